The van der Waals surface area contributed by atoms with Crippen molar-refractivity contribution in [2.45, 2.75) is 19.8 Å². The summed E-state index contributed by atoms with van der Waals surface area (Å²) in [6.07, 6.45) is 2.02. The van der Waals surface area contributed by atoms with Crippen LogP contribution < -0.4 is 5.73 Å². The molecule has 1 aromatic carbocycles. The maximum Gasteiger partial charge on any atom is 0.0314 e. The molecular formula is C11H15N. The van der Waals surface area contributed by atoms with E-state index in [9.17, 15) is 0 Å². The molecule has 12 heavy (non-hydrogen) atoms. The lowest BCUT2D eigenvalue weighted by Gasteiger charge is -2.02. The van der Waals surface area contributed by atoms with Crippen LogP contribution in [-0.4, -0.2) is 0 Å². The van der Waals surface area contributed by atoms with Gasteiger partial charge in [0, 0.05) is 5.69 Å². The van der Waals surface area contributed by atoms with Gasteiger partial charge in [0.1, 0.15) is 0 Å². The van der Waals surface area contributed by atoms with Crippen LogP contribution in [0.1, 0.15) is 18.9 Å². The van der Waals surface area contributed by atoms with E-state index in [0.29, 0.717) is 0 Å². The number of anilines is 1. The Labute approximate surface area is 73.9 Å². The number of hydrogen-bond acceptors (Lipinski definition) is 1. The molecule has 0 fully saturated rings. The molecule has 2 N–H and O–H groups in total. The van der Waals surface area contributed by atoms with Crippen molar-refractivity contribution in [2.75, 3.05) is 5.73 Å². The highest BCUT2D eigenvalue weighted by atomic mass is 14.5. The van der Waals surface area contributed by atoms with Crippen LogP contribution in [0.2, 0.25) is 0 Å². The second-order valence-corrected chi connectivity index (χ2v) is 3.02. The predicted octanol–water partition coefficient (Wildman–Crippen LogP) is 2.78. The maximum atomic E-state index is 5.57. The number of benzene rings is 1. The lowest BCUT2D eigenvalue weighted by molar-refractivity contribution is 1.01. The first kappa shape index (κ1) is 8.85. The molecule has 0 aliphatic rings. The number of rotatable bonds is 3. The molecule has 0 saturated heterocycles. The SMILES string of the molecule is C=C(CC)Cc1ccc(N)cc1. The molecule has 0 radical (unpaired) electrons. The molecule has 1 rings (SSSR count). The Morgan fingerprint density at radius 2 is 1.92 bits per heavy atom. The third-order valence-electron chi connectivity index (χ3n) is 1.93. The summed E-state index contributed by atoms with van der Waals surface area (Å²) in [6.45, 7) is 6.08. The van der Waals surface area contributed by atoms with Crippen molar-refractivity contribution in [2.24, 2.45) is 0 Å². The molecule has 64 valence electrons. The zero-order valence-electron chi connectivity index (χ0n) is 7.51. The standard InChI is InChI=1S/C11H15N/c1-3-9(2)8-10-4-6-11(12)7-5-10/h4-7H,2-3,8,12H2,1H3. The second kappa shape index (κ2) is 3.96. The lowest BCUT2D eigenvalue weighted by Crippen LogP contribution is -1.89. The van der Waals surface area contributed by atoms with Crippen molar-refractivity contribution in [3.63, 3.8) is 0 Å². The van der Waals surface area contributed by atoms with E-state index in [1.807, 2.05) is 12.1 Å². The molecule has 0 amide bonds. The van der Waals surface area contributed by atoms with E-state index in [-0.39, 0.29) is 0 Å². The molecule has 1 aromatic rings. The van der Waals surface area contributed by atoms with E-state index in [1.165, 1.54) is 11.1 Å². The molecule has 0 spiro atoms. The van der Waals surface area contributed by atoms with Gasteiger partial charge in [-0.15, -0.1) is 0 Å². The Kier molecular flexibility index (Phi) is 2.92. The molecule has 0 heterocycles. The summed E-state index contributed by atoms with van der Waals surface area (Å²) in [6, 6.07) is 7.96. The van der Waals surface area contributed by atoms with E-state index in [0.717, 1.165) is 18.5 Å². The zero-order chi connectivity index (χ0) is 8.97. The molecule has 1 nitrogen and oxygen atoms in total. The van der Waals surface area contributed by atoms with E-state index in [1.54, 1.807) is 0 Å². The summed E-state index contributed by atoms with van der Waals surface area (Å²) in [4.78, 5) is 0. The fourth-order valence-corrected chi connectivity index (χ4v) is 1.05. The van der Waals surface area contributed by atoms with Crippen molar-refractivity contribution in [3.05, 3.63) is 42.0 Å². The van der Waals surface area contributed by atoms with E-state index >= 15 is 0 Å². The van der Waals surface area contributed by atoms with Crippen LogP contribution in [-0.2, 0) is 6.42 Å². The smallest absolute Gasteiger partial charge is 0.0314 e. The first-order valence-corrected chi connectivity index (χ1v) is 4.23. The molecule has 0 aromatic heterocycles. The number of allylic oxidation sites excluding steroid dienone is 1. The van der Waals surface area contributed by atoms with Crippen LogP contribution in [0, 0.1) is 0 Å². The predicted molar refractivity (Wildman–Crippen MR) is 54.0 cm³/mol. The first-order valence-electron chi connectivity index (χ1n) is 4.23. The van der Waals surface area contributed by atoms with Crippen LogP contribution in [0.15, 0.2) is 36.4 Å². The Bertz CT molecular complexity index is 259. The average molecular weight is 161 g/mol. The van der Waals surface area contributed by atoms with E-state index in [4.69, 9.17) is 5.73 Å². The minimum atomic E-state index is 0.820. The average Bonchev–Trinajstić information content (AvgIpc) is 2.09. The molecular weight excluding hydrogens is 146 g/mol. The summed E-state index contributed by atoms with van der Waals surface area (Å²) < 4.78 is 0. The van der Waals surface area contributed by atoms with Gasteiger partial charge in [-0.05, 0) is 30.5 Å². The summed E-state index contributed by atoms with van der Waals surface area (Å²) in [5, 5.41) is 0. The molecule has 0 atom stereocenters. The Morgan fingerprint density at radius 1 is 1.33 bits per heavy atom. The van der Waals surface area contributed by atoms with Crippen LogP contribution >= 0.6 is 0 Å². The van der Waals surface area contributed by atoms with Crippen molar-refractivity contribution in [1.82, 2.24) is 0 Å². The van der Waals surface area contributed by atoms with E-state index in [2.05, 4.69) is 25.6 Å². The van der Waals surface area contributed by atoms with Gasteiger partial charge in [0.25, 0.3) is 0 Å². The van der Waals surface area contributed by atoms with Crippen molar-refractivity contribution in [1.29, 1.82) is 0 Å². The third-order valence-corrected chi connectivity index (χ3v) is 1.93. The summed E-state index contributed by atoms with van der Waals surface area (Å²) in [5.74, 6) is 0. The number of hydrogen-bond donors (Lipinski definition) is 1. The van der Waals surface area contributed by atoms with Gasteiger partial charge in [0.05, 0.1) is 0 Å². The minimum Gasteiger partial charge on any atom is -0.399 e. The highest BCUT2D eigenvalue weighted by Crippen LogP contribution is 2.11. The quantitative estimate of drug-likeness (QED) is 0.535. The topological polar surface area (TPSA) is 26.0 Å². The van der Waals surface area contributed by atoms with Crippen molar-refractivity contribution < 1.29 is 0 Å². The summed E-state index contributed by atoms with van der Waals surface area (Å²) in [7, 11) is 0. The molecule has 0 aliphatic carbocycles. The monoisotopic (exact) mass is 161 g/mol. The fraction of sp³-hybridized carbons (Fsp3) is 0.273. The van der Waals surface area contributed by atoms with Gasteiger partial charge in [-0.2, -0.15) is 0 Å². The molecule has 0 aliphatic heterocycles. The van der Waals surface area contributed by atoms with Gasteiger partial charge in [0.2, 0.25) is 0 Å². The van der Waals surface area contributed by atoms with Gasteiger partial charge in [-0.1, -0.05) is 31.2 Å². The van der Waals surface area contributed by atoms with Crippen LogP contribution in [0.25, 0.3) is 0 Å². The van der Waals surface area contributed by atoms with Gasteiger partial charge in [-0.25, -0.2) is 0 Å². The number of nitrogen functional groups attached to an aromatic ring is 1. The van der Waals surface area contributed by atoms with Crippen LogP contribution in [0.4, 0.5) is 5.69 Å². The second-order valence-electron chi connectivity index (χ2n) is 3.02. The largest absolute Gasteiger partial charge is 0.399 e. The van der Waals surface area contributed by atoms with Gasteiger partial charge in [0.15, 0.2) is 0 Å². The molecule has 0 unspecified atom stereocenters. The van der Waals surface area contributed by atoms with Crippen molar-refractivity contribution >= 4 is 5.69 Å². The fourth-order valence-electron chi connectivity index (χ4n) is 1.05. The Hall–Kier alpha value is -1.24. The Morgan fingerprint density at radius 3 is 2.42 bits per heavy atom. The van der Waals surface area contributed by atoms with Gasteiger partial charge in [-0.3, -0.25) is 0 Å². The molecule has 1 heteroatoms. The maximum absolute atomic E-state index is 5.57. The minimum absolute atomic E-state index is 0.820. The van der Waals surface area contributed by atoms with E-state index < -0.39 is 0 Å². The summed E-state index contributed by atoms with van der Waals surface area (Å²) in [5.41, 5.74) is 8.94. The zero-order valence-corrected chi connectivity index (χ0v) is 7.51. The van der Waals surface area contributed by atoms with Crippen LogP contribution in [0.3, 0.4) is 0 Å². The third kappa shape index (κ3) is 2.42. The highest BCUT2D eigenvalue weighted by Gasteiger charge is 1.94. The van der Waals surface area contributed by atoms with Gasteiger partial charge >= 0.3 is 0 Å². The summed E-state index contributed by atoms with van der Waals surface area (Å²) >= 11 is 0. The lowest BCUT2D eigenvalue weighted by atomic mass is 10.0. The van der Waals surface area contributed by atoms with Gasteiger partial charge < -0.3 is 5.73 Å². The highest BCUT2D eigenvalue weighted by molar-refractivity contribution is 5.40. The molecule has 0 saturated carbocycles. The normalized spacial score (nSPS) is 9.75. The molecule has 0 bridgehead atoms. The van der Waals surface area contributed by atoms with Crippen LogP contribution in [0.5, 0.6) is 0 Å². The number of nitrogens with two attached hydrogens (primary N) is 1. The van der Waals surface area contributed by atoms with Crippen molar-refractivity contribution in [3.8, 4) is 0 Å². The first-order chi connectivity index (χ1) is 5.72. The Balaban J connectivity index is 2.64.